The van der Waals surface area contributed by atoms with E-state index in [0.29, 0.717) is 12.3 Å². The molecule has 0 spiro atoms. The summed E-state index contributed by atoms with van der Waals surface area (Å²) < 4.78 is 19.1. The van der Waals surface area contributed by atoms with Crippen molar-refractivity contribution in [2.75, 3.05) is 69.3 Å². The molecule has 0 radical (unpaired) electrons. The second-order valence-electron chi connectivity index (χ2n) is 8.81. The Morgan fingerprint density at radius 2 is 1.81 bits per heavy atom. The van der Waals surface area contributed by atoms with Crippen LogP contribution in [0.15, 0.2) is 53.5 Å². The van der Waals surface area contributed by atoms with Crippen molar-refractivity contribution in [2.45, 2.75) is 13.1 Å². The summed E-state index contributed by atoms with van der Waals surface area (Å²) in [5.41, 5.74) is 9.19. The predicted molar refractivity (Wildman–Crippen MR) is 148 cm³/mol. The summed E-state index contributed by atoms with van der Waals surface area (Å²) >= 11 is 0. The molecule has 0 unspecified atom stereocenters. The van der Waals surface area contributed by atoms with Crippen molar-refractivity contribution in [3.8, 4) is 5.75 Å². The average molecular weight is 507 g/mol. The van der Waals surface area contributed by atoms with E-state index in [1.165, 1.54) is 18.3 Å². The van der Waals surface area contributed by atoms with Crippen molar-refractivity contribution in [2.24, 2.45) is 10.7 Å². The van der Waals surface area contributed by atoms with Gasteiger partial charge in [0, 0.05) is 43.8 Å². The second-order valence-corrected chi connectivity index (χ2v) is 8.81. The number of pyridine rings is 1. The maximum atomic E-state index is 13.0. The van der Waals surface area contributed by atoms with Crippen molar-refractivity contribution < 1.29 is 13.9 Å². The lowest BCUT2D eigenvalue weighted by Crippen LogP contribution is -2.47. The number of aliphatic imine (C=N–C) groups is 1. The molecular weight excluding hydrogens is 471 g/mol. The first-order chi connectivity index (χ1) is 18.3. The predicted octanol–water partition coefficient (Wildman–Crippen LogP) is 3.07. The lowest BCUT2D eigenvalue weighted by Gasteiger charge is -2.37. The third-order valence-corrected chi connectivity index (χ3v) is 6.68. The standard InChI is InChI=1S/C27H30FN5O2.CH5N/c28-19-22-7-8-23-24(30-22)4-2-5-25(23)32-14-12-31(13-15-32)11-9-21-3-1-6-26-27(21)35-18-16-33(26)20-29-10-17-34;1-2/h1-8,17,20H,9-16,18-19H2;2H2,1H3. The third kappa shape index (κ3) is 6.23. The topological polar surface area (TPSA) is 87.3 Å². The maximum absolute atomic E-state index is 13.0. The lowest BCUT2D eigenvalue weighted by atomic mass is 10.1. The van der Waals surface area contributed by atoms with Crippen molar-refractivity contribution >= 4 is 34.9 Å². The summed E-state index contributed by atoms with van der Waals surface area (Å²) in [7, 11) is 1.50. The minimum atomic E-state index is -0.541. The van der Waals surface area contributed by atoms with Gasteiger partial charge in [-0.3, -0.25) is 9.89 Å². The quantitative estimate of drug-likeness (QED) is 0.285. The minimum absolute atomic E-state index is 0.173. The molecule has 1 aromatic heterocycles. The number of benzene rings is 2. The van der Waals surface area contributed by atoms with Crippen LogP contribution >= 0.6 is 0 Å². The lowest BCUT2D eigenvalue weighted by molar-refractivity contribution is -0.106. The molecule has 0 amide bonds. The highest BCUT2D eigenvalue weighted by atomic mass is 19.1. The summed E-state index contributed by atoms with van der Waals surface area (Å²) in [6.07, 6.45) is 3.44. The summed E-state index contributed by atoms with van der Waals surface area (Å²) in [5, 5.41) is 1.08. The van der Waals surface area contributed by atoms with Gasteiger partial charge in [-0.1, -0.05) is 18.2 Å². The van der Waals surface area contributed by atoms with Crippen molar-refractivity contribution in [1.82, 2.24) is 9.88 Å². The van der Waals surface area contributed by atoms with E-state index in [-0.39, 0.29) is 6.54 Å². The highest BCUT2D eigenvalue weighted by Gasteiger charge is 2.22. The van der Waals surface area contributed by atoms with Gasteiger partial charge in [0.25, 0.3) is 0 Å². The van der Waals surface area contributed by atoms with Gasteiger partial charge in [0.2, 0.25) is 0 Å². The van der Waals surface area contributed by atoms with Gasteiger partial charge in [0.15, 0.2) is 0 Å². The zero-order chi connectivity index (χ0) is 26.0. The molecule has 2 N–H and O–H groups in total. The summed E-state index contributed by atoms with van der Waals surface area (Å²) in [6, 6.07) is 16.1. The molecule has 0 saturated carbocycles. The van der Waals surface area contributed by atoms with E-state index in [1.54, 1.807) is 12.4 Å². The smallest absolute Gasteiger partial charge is 0.146 e. The number of nitrogens with zero attached hydrogens (tertiary/aromatic N) is 5. The number of aldehydes is 1. The van der Waals surface area contributed by atoms with Crippen LogP contribution in [0.1, 0.15) is 11.3 Å². The molecule has 37 heavy (non-hydrogen) atoms. The number of carbonyl (C=O) groups excluding carboxylic acids is 1. The molecule has 1 fully saturated rings. The van der Waals surface area contributed by atoms with Crippen LogP contribution in [-0.2, 0) is 17.9 Å². The van der Waals surface area contributed by atoms with Crippen molar-refractivity contribution in [3.63, 3.8) is 0 Å². The first kappa shape index (κ1) is 26.5. The van der Waals surface area contributed by atoms with Crippen LogP contribution in [0.25, 0.3) is 10.9 Å². The molecular formula is C28H35FN6O2. The van der Waals surface area contributed by atoms with Crippen molar-refractivity contribution in [1.29, 1.82) is 0 Å². The molecule has 2 aromatic carbocycles. The van der Waals surface area contributed by atoms with Gasteiger partial charge >= 0.3 is 0 Å². The normalized spacial score (nSPS) is 15.8. The maximum Gasteiger partial charge on any atom is 0.146 e. The van der Waals surface area contributed by atoms with E-state index in [2.05, 4.69) is 48.6 Å². The highest BCUT2D eigenvalue weighted by molar-refractivity contribution is 5.92. The summed E-state index contributed by atoms with van der Waals surface area (Å²) in [5.74, 6) is 0.922. The molecule has 3 heterocycles. The van der Waals surface area contributed by atoms with Crippen LogP contribution in [0, 0.1) is 0 Å². The molecule has 0 aliphatic carbocycles. The van der Waals surface area contributed by atoms with Gasteiger partial charge in [-0.05, 0) is 49.4 Å². The Labute approximate surface area is 217 Å². The molecule has 3 aromatic rings. The SMILES string of the molecule is CN.O=CCN=CN1CCOc2c(CCN3CCN(c4cccc5nc(CF)ccc45)CC3)cccc21. The number of rotatable bonds is 8. The van der Waals surface area contributed by atoms with Gasteiger partial charge in [-0.2, -0.15) is 0 Å². The number of carbonyl (C=O) groups is 1. The zero-order valence-corrected chi connectivity index (χ0v) is 21.4. The van der Waals surface area contributed by atoms with Crippen molar-refractivity contribution in [3.05, 3.63) is 59.8 Å². The van der Waals surface area contributed by atoms with Gasteiger partial charge < -0.3 is 25.1 Å². The number of ether oxygens (including phenoxy) is 1. The van der Waals surface area contributed by atoms with E-state index in [1.807, 2.05) is 24.3 Å². The van der Waals surface area contributed by atoms with Gasteiger partial charge in [-0.25, -0.2) is 9.37 Å². The Balaban J connectivity index is 0.00000156. The average Bonchev–Trinajstić information content (AvgIpc) is 2.97. The number of anilines is 2. The van der Waals surface area contributed by atoms with Crippen LogP contribution in [0.4, 0.5) is 15.8 Å². The first-order valence-electron chi connectivity index (χ1n) is 12.7. The fourth-order valence-electron chi connectivity index (χ4n) is 4.86. The van der Waals surface area contributed by atoms with Crippen LogP contribution < -0.4 is 20.3 Å². The number of hydrogen-bond donors (Lipinski definition) is 1. The van der Waals surface area contributed by atoms with Gasteiger partial charge in [0.1, 0.15) is 25.3 Å². The Morgan fingerprint density at radius 3 is 2.59 bits per heavy atom. The van der Waals surface area contributed by atoms with Crippen LogP contribution in [0.3, 0.4) is 0 Å². The molecule has 1 saturated heterocycles. The largest absolute Gasteiger partial charge is 0.489 e. The fourth-order valence-corrected chi connectivity index (χ4v) is 4.86. The van der Waals surface area contributed by atoms with E-state index in [9.17, 15) is 9.18 Å². The number of para-hydroxylation sites is 1. The summed E-state index contributed by atoms with van der Waals surface area (Å²) in [6.45, 7) is 5.75. The number of alkyl halides is 1. The van der Waals surface area contributed by atoms with E-state index in [4.69, 9.17) is 4.74 Å². The Bertz CT molecular complexity index is 1210. The zero-order valence-electron chi connectivity index (χ0n) is 21.4. The number of piperazine rings is 1. The number of halogens is 1. The highest BCUT2D eigenvalue weighted by Crippen LogP contribution is 2.35. The van der Waals surface area contributed by atoms with Crippen LogP contribution in [0.5, 0.6) is 5.75 Å². The van der Waals surface area contributed by atoms with E-state index in [0.717, 1.165) is 74.3 Å². The third-order valence-electron chi connectivity index (χ3n) is 6.68. The Kier molecular flexibility index (Phi) is 9.40. The number of hydrogen-bond acceptors (Lipinski definition) is 7. The fraction of sp³-hybridized carbons (Fsp3) is 0.393. The number of nitrogens with two attached hydrogens (primary N) is 1. The number of fused-ring (bicyclic) bond motifs is 2. The molecule has 9 heteroatoms. The second kappa shape index (κ2) is 13.1. The minimum Gasteiger partial charge on any atom is -0.489 e. The van der Waals surface area contributed by atoms with Crippen LogP contribution in [0.2, 0.25) is 0 Å². The molecule has 2 aliphatic heterocycles. The van der Waals surface area contributed by atoms with Gasteiger partial charge in [0.05, 0.1) is 36.3 Å². The van der Waals surface area contributed by atoms with E-state index >= 15 is 0 Å². The molecule has 196 valence electrons. The first-order valence-corrected chi connectivity index (χ1v) is 12.7. The Hall–Kier alpha value is -3.56. The molecule has 0 bridgehead atoms. The summed E-state index contributed by atoms with van der Waals surface area (Å²) in [4.78, 5) is 26.1. The van der Waals surface area contributed by atoms with E-state index < -0.39 is 6.67 Å². The molecule has 2 aliphatic rings. The molecule has 8 nitrogen and oxygen atoms in total. The Morgan fingerprint density at radius 1 is 1.03 bits per heavy atom. The molecule has 0 atom stereocenters. The van der Waals surface area contributed by atoms with Crippen LogP contribution in [-0.4, -0.2) is 82.0 Å². The molecule has 5 rings (SSSR count). The number of aromatic nitrogens is 1. The van der Waals surface area contributed by atoms with Gasteiger partial charge in [-0.15, -0.1) is 0 Å². The monoisotopic (exact) mass is 506 g/mol.